The van der Waals surface area contributed by atoms with Crippen LogP contribution in [0, 0.1) is 5.92 Å². The van der Waals surface area contributed by atoms with Crippen LogP contribution in [0.5, 0.6) is 0 Å². The average Bonchev–Trinajstić information content (AvgIpc) is 3.10. The number of nitrogens with zero attached hydrogens (tertiary/aromatic N) is 1. The summed E-state index contributed by atoms with van der Waals surface area (Å²) in [6.45, 7) is 1.73. The Labute approximate surface area is 180 Å². The van der Waals surface area contributed by atoms with Gasteiger partial charge in [-0.3, -0.25) is 14.7 Å². The number of anilines is 1. The molecule has 3 atom stereocenters. The molecular formula is C24H27N3O4. The molecule has 1 aliphatic carbocycles. The first-order valence-electron chi connectivity index (χ1n) is 10.3. The van der Waals surface area contributed by atoms with Crippen LogP contribution in [0.4, 0.5) is 5.69 Å². The van der Waals surface area contributed by atoms with Crippen LogP contribution >= 0.6 is 0 Å². The van der Waals surface area contributed by atoms with E-state index in [9.17, 15) is 14.7 Å². The van der Waals surface area contributed by atoms with Gasteiger partial charge in [-0.05, 0) is 30.2 Å². The number of nitrogens with one attached hydrogen (secondary N) is 2. The second-order valence-corrected chi connectivity index (χ2v) is 8.54. The molecule has 7 heteroatoms. The maximum absolute atomic E-state index is 13.3. The number of hydrogen-bond acceptors (Lipinski definition) is 5. The van der Waals surface area contributed by atoms with Crippen molar-refractivity contribution in [2.45, 2.75) is 31.5 Å². The first-order valence-corrected chi connectivity index (χ1v) is 10.3. The lowest BCUT2D eigenvalue weighted by Crippen LogP contribution is -2.50. The van der Waals surface area contributed by atoms with Crippen molar-refractivity contribution < 1.29 is 14.6 Å². The molecule has 0 spiro atoms. The molecular weight excluding hydrogens is 394 g/mol. The predicted molar refractivity (Wildman–Crippen MR) is 118 cm³/mol. The second kappa shape index (κ2) is 8.07. The number of carbonyl (C=O) groups is 1. The van der Waals surface area contributed by atoms with Crippen LogP contribution in [-0.2, 0) is 22.6 Å². The van der Waals surface area contributed by atoms with Crippen molar-refractivity contribution >= 4 is 11.7 Å². The van der Waals surface area contributed by atoms with Crippen LogP contribution in [0.2, 0.25) is 0 Å². The minimum Gasteiger partial charge on any atom is -0.460 e. The molecule has 3 aromatic rings. The van der Waals surface area contributed by atoms with Crippen molar-refractivity contribution in [3.05, 3.63) is 87.3 Å². The van der Waals surface area contributed by atoms with Crippen molar-refractivity contribution in [1.29, 1.82) is 0 Å². The van der Waals surface area contributed by atoms with Crippen LogP contribution in [-0.4, -0.2) is 41.0 Å². The van der Waals surface area contributed by atoms with Crippen molar-refractivity contribution in [2.75, 3.05) is 19.0 Å². The number of hydrogen-bond donors (Lipinski definition) is 3. The van der Waals surface area contributed by atoms with E-state index in [0.717, 1.165) is 16.8 Å². The molecule has 0 saturated heterocycles. The Kier molecular flexibility index (Phi) is 5.45. The molecule has 162 valence electrons. The molecule has 2 aromatic carbocycles. The van der Waals surface area contributed by atoms with Gasteiger partial charge in [0.1, 0.15) is 6.61 Å². The van der Waals surface area contributed by atoms with Crippen LogP contribution < -0.4 is 10.5 Å². The van der Waals surface area contributed by atoms with Crippen LogP contribution in [0.3, 0.4) is 0 Å². The van der Waals surface area contributed by atoms with Gasteiger partial charge in [0.05, 0.1) is 11.5 Å². The zero-order valence-electron chi connectivity index (χ0n) is 17.9. The quantitative estimate of drug-likeness (QED) is 0.550. The van der Waals surface area contributed by atoms with Gasteiger partial charge < -0.3 is 19.8 Å². The average molecular weight is 421 g/mol. The summed E-state index contributed by atoms with van der Waals surface area (Å²) in [7, 11) is 3.89. The van der Waals surface area contributed by atoms with E-state index < -0.39 is 23.4 Å². The summed E-state index contributed by atoms with van der Waals surface area (Å²) in [6, 6.07) is 17.1. The highest BCUT2D eigenvalue weighted by Crippen LogP contribution is 2.44. The highest BCUT2D eigenvalue weighted by atomic mass is 16.5. The molecule has 0 fully saturated rings. The molecule has 1 aromatic heterocycles. The van der Waals surface area contributed by atoms with Gasteiger partial charge in [0.15, 0.2) is 0 Å². The Morgan fingerprint density at radius 1 is 1.13 bits per heavy atom. The maximum Gasteiger partial charge on any atom is 0.313 e. The number of benzene rings is 2. The molecule has 31 heavy (non-hydrogen) atoms. The Bertz CT molecular complexity index is 1110. The highest BCUT2D eigenvalue weighted by molar-refractivity contribution is 5.77. The van der Waals surface area contributed by atoms with Crippen molar-refractivity contribution in [1.82, 2.24) is 10.2 Å². The molecule has 3 N–H and O–H groups in total. The lowest BCUT2D eigenvalue weighted by Gasteiger charge is -2.40. The number of H-pyrrole nitrogens is 2. The summed E-state index contributed by atoms with van der Waals surface area (Å²) in [5.74, 6) is -2.08. The van der Waals surface area contributed by atoms with E-state index in [1.165, 1.54) is 0 Å². The van der Waals surface area contributed by atoms with Crippen LogP contribution in [0.15, 0.2) is 59.4 Å². The number of rotatable bonds is 5. The molecule has 0 bridgehead atoms. The number of fused-ring (bicyclic) bond motifs is 1. The summed E-state index contributed by atoms with van der Waals surface area (Å²) in [4.78, 5) is 27.9. The smallest absolute Gasteiger partial charge is 0.313 e. The second-order valence-electron chi connectivity index (χ2n) is 8.54. The summed E-state index contributed by atoms with van der Waals surface area (Å²) in [6.07, 6.45) is 0.151. The zero-order valence-corrected chi connectivity index (χ0v) is 17.9. The fourth-order valence-electron chi connectivity index (χ4n) is 4.41. The monoisotopic (exact) mass is 421 g/mol. The number of esters is 1. The summed E-state index contributed by atoms with van der Waals surface area (Å²) >= 11 is 0. The third-order valence-electron chi connectivity index (χ3n) is 5.99. The van der Waals surface area contributed by atoms with Gasteiger partial charge in [-0.2, -0.15) is 0 Å². The summed E-state index contributed by atoms with van der Waals surface area (Å²) in [5.41, 5.74) is 2.05. The van der Waals surface area contributed by atoms with Crippen molar-refractivity contribution in [3.63, 3.8) is 0 Å². The number of aromatic nitrogens is 2. The van der Waals surface area contributed by atoms with E-state index in [1.807, 2.05) is 73.6 Å². The molecule has 0 amide bonds. The fourth-order valence-corrected chi connectivity index (χ4v) is 4.41. The van der Waals surface area contributed by atoms with Gasteiger partial charge in [-0.15, -0.1) is 0 Å². The largest absolute Gasteiger partial charge is 0.460 e. The Morgan fingerprint density at radius 2 is 1.81 bits per heavy atom. The van der Waals surface area contributed by atoms with Gasteiger partial charge in [-0.1, -0.05) is 42.5 Å². The SMILES string of the molecule is CN(C)c1ccc([C@@H]2c3c([nH][nH]c3=O)C[C@@](C)(O)[C@H]2C(=O)OCc2ccccc2)cc1. The third-order valence-corrected chi connectivity index (χ3v) is 5.99. The topological polar surface area (TPSA) is 98.4 Å². The standard InChI is InChI=1S/C24H27N3O4/c1-24(30)13-18-20(22(28)26-25-18)19(16-9-11-17(12-10-16)27(2)3)21(24)23(29)31-14-15-7-5-4-6-8-15/h4-12,19,21,30H,13-14H2,1-3H3,(H2,25,26,28)/t19-,21-,24-/m1/s1. The van der Waals surface area contributed by atoms with Gasteiger partial charge >= 0.3 is 5.97 Å². The number of carbonyl (C=O) groups excluding carboxylic acids is 1. The first kappa shape index (κ1) is 20.9. The molecule has 0 saturated carbocycles. The predicted octanol–water partition coefficient (Wildman–Crippen LogP) is 2.57. The molecule has 1 heterocycles. The number of ether oxygens (including phenoxy) is 1. The van der Waals surface area contributed by atoms with E-state index >= 15 is 0 Å². The lowest BCUT2D eigenvalue weighted by atomic mass is 9.66. The van der Waals surface area contributed by atoms with Gasteiger partial charge in [0, 0.05) is 43.4 Å². The van der Waals surface area contributed by atoms with Gasteiger partial charge in [-0.25, -0.2) is 0 Å². The minimum atomic E-state index is -1.39. The molecule has 4 rings (SSSR count). The maximum atomic E-state index is 13.3. The van der Waals surface area contributed by atoms with E-state index in [-0.39, 0.29) is 18.6 Å². The van der Waals surface area contributed by atoms with Crippen molar-refractivity contribution in [3.8, 4) is 0 Å². The van der Waals surface area contributed by atoms with E-state index in [4.69, 9.17) is 4.74 Å². The van der Waals surface area contributed by atoms with Crippen LogP contribution in [0.1, 0.15) is 35.2 Å². The fraction of sp³-hybridized carbons (Fsp3) is 0.333. The van der Waals surface area contributed by atoms with Gasteiger partial charge in [0.25, 0.3) is 5.56 Å². The van der Waals surface area contributed by atoms with Crippen molar-refractivity contribution in [2.24, 2.45) is 5.92 Å². The lowest BCUT2D eigenvalue weighted by molar-refractivity contribution is -0.161. The van der Waals surface area contributed by atoms with Gasteiger partial charge in [0.2, 0.25) is 0 Å². The Morgan fingerprint density at radius 3 is 2.45 bits per heavy atom. The Balaban J connectivity index is 1.73. The molecule has 0 radical (unpaired) electrons. The summed E-state index contributed by atoms with van der Waals surface area (Å²) < 4.78 is 5.62. The number of aliphatic hydroxyl groups is 1. The first-order chi connectivity index (χ1) is 14.8. The zero-order chi connectivity index (χ0) is 22.2. The van der Waals surface area contributed by atoms with Crippen LogP contribution in [0.25, 0.3) is 0 Å². The summed E-state index contributed by atoms with van der Waals surface area (Å²) in [5, 5.41) is 16.8. The minimum absolute atomic E-state index is 0.106. The highest BCUT2D eigenvalue weighted by Gasteiger charge is 2.51. The Hall–Kier alpha value is -3.32. The number of aromatic amines is 2. The van der Waals surface area contributed by atoms with E-state index in [0.29, 0.717) is 11.3 Å². The molecule has 1 aliphatic rings. The molecule has 0 aliphatic heterocycles. The third kappa shape index (κ3) is 4.01. The molecule has 0 unspecified atom stereocenters. The van der Waals surface area contributed by atoms with E-state index in [1.54, 1.807) is 6.92 Å². The van der Waals surface area contributed by atoms with E-state index in [2.05, 4.69) is 10.2 Å². The molecule has 7 nitrogen and oxygen atoms in total. The normalized spacial score (nSPS) is 22.6.